The van der Waals surface area contributed by atoms with Crippen molar-refractivity contribution in [2.75, 3.05) is 11.1 Å². The van der Waals surface area contributed by atoms with Crippen LogP contribution in [0, 0.1) is 29.0 Å². The van der Waals surface area contributed by atoms with Crippen LogP contribution >= 0.6 is 11.6 Å². The number of pyridine rings is 1. The van der Waals surface area contributed by atoms with Crippen molar-refractivity contribution in [1.29, 1.82) is 5.41 Å². The molecule has 3 aliphatic carbocycles. The van der Waals surface area contributed by atoms with Crippen molar-refractivity contribution in [3.05, 3.63) is 52.9 Å². The van der Waals surface area contributed by atoms with E-state index in [9.17, 15) is 9.90 Å². The van der Waals surface area contributed by atoms with E-state index in [4.69, 9.17) is 27.2 Å². The molecule has 11 heteroatoms. The smallest absolute Gasteiger partial charge is 0.308 e. The Morgan fingerprint density at radius 1 is 1.26 bits per heavy atom. The van der Waals surface area contributed by atoms with Gasteiger partial charge in [-0.1, -0.05) is 11.6 Å². The van der Waals surface area contributed by atoms with Gasteiger partial charge in [0.05, 0.1) is 17.2 Å². The molecule has 0 spiro atoms. The predicted octanol–water partition coefficient (Wildman–Crippen LogP) is 4.22. The monoisotopic (exact) mass is 484 g/mol. The van der Waals surface area contributed by atoms with Crippen molar-refractivity contribution < 1.29 is 18.7 Å². The summed E-state index contributed by atoms with van der Waals surface area (Å²) in [5, 5.41) is 21.8. The Hall–Kier alpha value is -3.53. The van der Waals surface area contributed by atoms with E-state index in [0.717, 1.165) is 25.7 Å². The fraction of sp³-hybridized carbons (Fsp3) is 0.348. The van der Waals surface area contributed by atoms with Gasteiger partial charge in [0.15, 0.2) is 23.2 Å². The van der Waals surface area contributed by atoms with Gasteiger partial charge in [0.2, 0.25) is 0 Å². The zero-order valence-corrected chi connectivity index (χ0v) is 18.7. The Kier molecular flexibility index (Phi) is 5.68. The maximum Gasteiger partial charge on any atom is 0.308 e. The predicted molar refractivity (Wildman–Crippen MR) is 123 cm³/mol. The number of rotatable bonds is 6. The number of nitrogens with zero attached hydrogens (tertiary/aromatic N) is 3. The van der Waals surface area contributed by atoms with Crippen LogP contribution in [-0.4, -0.2) is 37.8 Å². The van der Waals surface area contributed by atoms with Gasteiger partial charge < -0.3 is 20.6 Å². The summed E-state index contributed by atoms with van der Waals surface area (Å²) in [6.45, 7) is 0. The summed E-state index contributed by atoms with van der Waals surface area (Å²) < 4.78 is 21.0. The molecule has 9 nitrogen and oxygen atoms in total. The molecule has 0 amide bonds. The summed E-state index contributed by atoms with van der Waals surface area (Å²) in [6.07, 6.45) is 6.18. The number of nitrogens with two attached hydrogens (primary N) is 1. The number of halogens is 2. The van der Waals surface area contributed by atoms with Crippen LogP contribution in [0.5, 0.6) is 0 Å². The van der Waals surface area contributed by atoms with Crippen LogP contribution in [-0.2, 0) is 4.79 Å². The lowest BCUT2D eigenvalue weighted by atomic mass is 9.61. The van der Waals surface area contributed by atoms with E-state index in [2.05, 4.69) is 20.3 Å². The van der Waals surface area contributed by atoms with E-state index in [1.807, 2.05) is 0 Å². The zero-order valence-electron chi connectivity index (χ0n) is 18.0. The van der Waals surface area contributed by atoms with Crippen LogP contribution in [0.3, 0.4) is 0 Å². The first-order valence-electron chi connectivity index (χ1n) is 10.9. The Balaban J connectivity index is 1.59. The van der Waals surface area contributed by atoms with E-state index in [1.54, 1.807) is 12.1 Å². The number of fused-ring (bicyclic) bond motifs is 3. The fourth-order valence-electron chi connectivity index (χ4n) is 5.17. The second kappa shape index (κ2) is 8.68. The summed E-state index contributed by atoms with van der Waals surface area (Å²) in [4.78, 5) is 24.5. The lowest BCUT2D eigenvalue weighted by Crippen LogP contribution is -2.51. The van der Waals surface area contributed by atoms with Crippen molar-refractivity contribution in [2.45, 2.75) is 31.7 Å². The standard InChI is InChI=1S/C23H22ClFN6O3/c24-12-8-13(20(27)28-9-12)17(26)22-30-19(14-2-1-7-34-14)16(25)21(31-22)29-18-11-5-3-10(4-6-11)15(18)23(32)33/h1-2,7-11,15,18,26H,3-6H2,(H2,27,28)(H,32,33)(H,29,30,31). The van der Waals surface area contributed by atoms with Crippen LogP contribution in [0.25, 0.3) is 11.5 Å². The minimum Gasteiger partial charge on any atom is -0.481 e. The largest absolute Gasteiger partial charge is 0.481 e. The van der Waals surface area contributed by atoms with Gasteiger partial charge >= 0.3 is 5.97 Å². The summed E-state index contributed by atoms with van der Waals surface area (Å²) in [6, 6.07) is 4.10. The first-order valence-corrected chi connectivity index (χ1v) is 11.3. The number of carboxylic acids is 1. The minimum absolute atomic E-state index is 0.0320. The third-order valence-corrected chi connectivity index (χ3v) is 7.00. The van der Waals surface area contributed by atoms with Crippen molar-refractivity contribution >= 4 is 34.9 Å². The van der Waals surface area contributed by atoms with Gasteiger partial charge in [0, 0.05) is 17.8 Å². The molecule has 0 saturated heterocycles. The van der Waals surface area contributed by atoms with E-state index in [0.29, 0.717) is 0 Å². The van der Waals surface area contributed by atoms with Gasteiger partial charge in [-0.3, -0.25) is 10.2 Å². The summed E-state index contributed by atoms with van der Waals surface area (Å²) in [5.74, 6) is -2.33. The van der Waals surface area contributed by atoms with Crippen LogP contribution in [0.4, 0.5) is 16.0 Å². The molecule has 2 unspecified atom stereocenters. The molecule has 0 radical (unpaired) electrons. The lowest BCUT2D eigenvalue weighted by molar-refractivity contribution is -0.148. The maximum atomic E-state index is 15.6. The number of nitrogen functional groups attached to an aromatic ring is 1. The van der Waals surface area contributed by atoms with Crippen LogP contribution in [0.15, 0.2) is 35.1 Å². The Labute approximate surface area is 199 Å². The SMILES string of the molecule is N=C(c1nc(NC2C3CCC(CC3)C2C(=O)O)c(F)c(-c2ccco2)n1)c1cc(Cl)cnc1N. The van der Waals surface area contributed by atoms with Crippen molar-refractivity contribution in [3.8, 4) is 11.5 Å². The van der Waals surface area contributed by atoms with Crippen molar-refractivity contribution in [1.82, 2.24) is 15.0 Å². The summed E-state index contributed by atoms with van der Waals surface area (Å²) in [5.41, 5.74) is 5.77. The third-order valence-electron chi connectivity index (χ3n) is 6.79. The topological polar surface area (TPSA) is 151 Å². The molecule has 3 aromatic rings. The molecular weight excluding hydrogens is 463 g/mol. The number of anilines is 2. The molecule has 34 heavy (non-hydrogen) atoms. The molecule has 2 bridgehead atoms. The second-order valence-electron chi connectivity index (χ2n) is 8.71. The molecule has 6 rings (SSSR count). The maximum absolute atomic E-state index is 15.6. The minimum atomic E-state index is -0.904. The zero-order chi connectivity index (χ0) is 24.0. The van der Waals surface area contributed by atoms with Gasteiger partial charge in [-0.2, -0.15) is 0 Å². The highest BCUT2D eigenvalue weighted by molar-refractivity contribution is 6.31. The molecule has 3 saturated carbocycles. The number of furan rings is 1. The van der Waals surface area contributed by atoms with Gasteiger partial charge in [-0.25, -0.2) is 19.3 Å². The average Bonchev–Trinajstić information content (AvgIpc) is 3.36. The van der Waals surface area contributed by atoms with E-state index in [1.165, 1.54) is 18.5 Å². The third kappa shape index (κ3) is 3.87. The van der Waals surface area contributed by atoms with E-state index < -0.39 is 23.7 Å². The van der Waals surface area contributed by atoms with Crippen molar-refractivity contribution in [3.63, 3.8) is 0 Å². The summed E-state index contributed by atoms with van der Waals surface area (Å²) in [7, 11) is 0. The highest BCUT2D eigenvalue weighted by Crippen LogP contribution is 2.46. The van der Waals surface area contributed by atoms with E-state index in [-0.39, 0.29) is 57.0 Å². The van der Waals surface area contributed by atoms with Gasteiger partial charge in [-0.05, 0) is 55.7 Å². The van der Waals surface area contributed by atoms with Gasteiger partial charge in [0.1, 0.15) is 17.2 Å². The highest BCUT2D eigenvalue weighted by atomic mass is 35.5. The Bertz CT molecular complexity index is 1260. The Morgan fingerprint density at radius 2 is 2.00 bits per heavy atom. The van der Waals surface area contributed by atoms with Crippen molar-refractivity contribution in [2.24, 2.45) is 17.8 Å². The molecule has 5 N–H and O–H groups in total. The molecule has 3 fully saturated rings. The number of aromatic nitrogens is 3. The van der Waals surface area contributed by atoms with Crippen LogP contribution in [0.2, 0.25) is 5.02 Å². The quantitative estimate of drug-likeness (QED) is 0.379. The number of carbonyl (C=O) groups is 1. The molecular formula is C23H22ClFN6O3. The van der Waals surface area contributed by atoms with E-state index >= 15 is 4.39 Å². The molecule has 3 heterocycles. The van der Waals surface area contributed by atoms with Gasteiger partial charge in [-0.15, -0.1) is 0 Å². The molecule has 2 atom stereocenters. The molecule has 176 valence electrons. The normalized spacial score (nSPS) is 23.6. The summed E-state index contributed by atoms with van der Waals surface area (Å²) >= 11 is 6.03. The first-order chi connectivity index (χ1) is 16.3. The Morgan fingerprint density at radius 3 is 2.68 bits per heavy atom. The fourth-order valence-corrected chi connectivity index (χ4v) is 5.33. The number of hydrogen-bond acceptors (Lipinski definition) is 8. The highest BCUT2D eigenvalue weighted by Gasteiger charge is 2.47. The second-order valence-corrected chi connectivity index (χ2v) is 9.14. The van der Waals surface area contributed by atoms with Crippen LogP contribution < -0.4 is 11.1 Å². The van der Waals surface area contributed by atoms with Gasteiger partial charge in [0.25, 0.3) is 0 Å². The molecule has 3 aromatic heterocycles. The lowest BCUT2D eigenvalue weighted by Gasteiger charge is -2.47. The molecule has 0 aromatic carbocycles. The molecule has 0 aliphatic heterocycles. The number of hydrogen-bond donors (Lipinski definition) is 4. The van der Waals surface area contributed by atoms with Crippen LogP contribution in [0.1, 0.15) is 37.1 Å². The molecule has 3 aliphatic rings. The average molecular weight is 485 g/mol. The number of carboxylic acid groups (broad SMARTS) is 1. The number of nitrogens with one attached hydrogen (secondary N) is 2. The number of aliphatic carboxylic acids is 1. The first kappa shape index (κ1) is 22.3.